The molecule has 0 saturated carbocycles. The van der Waals surface area contributed by atoms with Crippen LogP contribution in [0.2, 0.25) is 0 Å². The summed E-state index contributed by atoms with van der Waals surface area (Å²) in [4.78, 5) is 17.5. The van der Waals surface area contributed by atoms with Gasteiger partial charge < -0.3 is 4.90 Å². The van der Waals surface area contributed by atoms with E-state index in [4.69, 9.17) is 5.14 Å². The third-order valence-corrected chi connectivity index (χ3v) is 3.82. The van der Waals surface area contributed by atoms with Gasteiger partial charge in [0.05, 0.1) is 17.6 Å². The maximum atomic E-state index is 11.8. The van der Waals surface area contributed by atoms with Crippen molar-refractivity contribution >= 4 is 21.6 Å². The number of pyridine rings is 1. The third kappa shape index (κ3) is 3.05. The van der Waals surface area contributed by atoms with E-state index in [-0.39, 0.29) is 24.0 Å². The predicted molar refractivity (Wildman–Crippen MR) is 67.4 cm³/mol. The van der Waals surface area contributed by atoms with E-state index in [0.717, 1.165) is 5.69 Å². The number of carbonyl (C=O) groups excluding carboxylic acids is 1. The molecule has 1 aliphatic heterocycles. The quantitative estimate of drug-likeness (QED) is 0.837. The largest absolute Gasteiger partial charge is 0.311 e. The maximum absolute atomic E-state index is 11.8. The van der Waals surface area contributed by atoms with Gasteiger partial charge in [-0.3, -0.25) is 9.78 Å². The van der Waals surface area contributed by atoms with Gasteiger partial charge in [-0.15, -0.1) is 0 Å². The van der Waals surface area contributed by atoms with Crippen LogP contribution in [-0.4, -0.2) is 31.6 Å². The summed E-state index contributed by atoms with van der Waals surface area (Å²) < 4.78 is 22.0. The summed E-state index contributed by atoms with van der Waals surface area (Å²) in [6.07, 6.45) is 1.83. The summed E-state index contributed by atoms with van der Waals surface area (Å²) >= 11 is 0. The predicted octanol–water partition coefficient (Wildman–Crippen LogP) is 0.0314. The van der Waals surface area contributed by atoms with Crippen LogP contribution in [0.5, 0.6) is 0 Å². The van der Waals surface area contributed by atoms with Gasteiger partial charge in [0.25, 0.3) is 0 Å². The average molecular weight is 269 g/mol. The first-order valence-electron chi connectivity index (χ1n) is 5.58. The average Bonchev–Trinajstić information content (AvgIpc) is 2.58. The van der Waals surface area contributed by atoms with E-state index in [9.17, 15) is 13.2 Å². The molecular weight excluding hydrogens is 254 g/mol. The summed E-state index contributed by atoms with van der Waals surface area (Å²) in [6, 6.07) is 3.62. The highest BCUT2D eigenvalue weighted by atomic mass is 32.2. The highest BCUT2D eigenvalue weighted by molar-refractivity contribution is 7.89. The molecule has 2 N–H and O–H groups in total. The van der Waals surface area contributed by atoms with Crippen LogP contribution in [0.1, 0.15) is 12.1 Å². The van der Waals surface area contributed by atoms with Gasteiger partial charge in [-0.25, -0.2) is 13.6 Å². The summed E-state index contributed by atoms with van der Waals surface area (Å²) in [6.45, 7) is 2.24. The number of aryl methyl sites for hydroxylation is 1. The second-order valence-corrected chi connectivity index (χ2v) is 6.22. The Morgan fingerprint density at radius 1 is 1.50 bits per heavy atom. The number of anilines is 1. The maximum Gasteiger partial charge on any atom is 0.227 e. The number of nitrogens with two attached hydrogens (primary N) is 1. The minimum atomic E-state index is -3.54. The number of sulfonamides is 1. The Morgan fingerprint density at radius 3 is 2.78 bits per heavy atom. The van der Waals surface area contributed by atoms with Crippen molar-refractivity contribution in [2.75, 3.05) is 17.2 Å². The molecule has 1 fully saturated rings. The van der Waals surface area contributed by atoms with E-state index >= 15 is 0 Å². The van der Waals surface area contributed by atoms with Crippen molar-refractivity contribution in [3.63, 3.8) is 0 Å². The van der Waals surface area contributed by atoms with Crippen molar-refractivity contribution in [2.24, 2.45) is 11.1 Å². The van der Waals surface area contributed by atoms with Crippen molar-refractivity contribution in [2.45, 2.75) is 13.3 Å². The van der Waals surface area contributed by atoms with Gasteiger partial charge in [-0.1, -0.05) is 0 Å². The number of nitrogens with zero attached hydrogens (tertiary/aromatic N) is 2. The molecule has 0 aromatic carbocycles. The van der Waals surface area contributed by atoms with Gasteiger partial charge in [-0.2, -0.15) is 0 Å². The number of primary sulfonamides is 1. The van der Waals surface area contributed by atoms with E-state index in [1.54, 1.807) is 17.2 Å². The van der Waals surface area contributed by atoms with Crippen LogP contribution >= 0.6 is 0 Å². The van der Waals surface area contributed by atoms with Crippen molar-refractivity contribution in [1.82, 2.24) is 4.98 Å². The molecule has 0 radical (unpaired) electrons. The van der Waals surface area contributed by atoms with Gasteiger partial charge in [0.1, 0.15) is 0 Å². The zero-order valence-electron chi connectivity index (χ0n) is 10.0. The number of hydrogen-bond donors (Lipinski definition) is 1. The lowest BCUT2D eigenvalue weighted by Gasteiger charge is -2.16. The fraction of sp³-hybridized carbons (Fsp3) is 0.455. The van der Waals surface area contributed by atoms with Gasteiger partial charge in [0.2, 0.25) is 15.9 Å². The number of amides is 1. The van der Waals surface area contributed by atoms with Crippen molar-refractivity contribution < 1.29 is 13.2 Å². The molecule has 18 heavy (non-hydrogen) atoms. The zero-order valence-corrected chi connectivity index (χ0v) is 10.9. The molecule has 1 atom stereocenters. The molecule has 1 aromatic rings. The summed E-state index contributed by atoms with van der Waals surface area (Å²) in [5.41, 5.74) is 1.56. The van der Waals surface area contributed by atoms with E-state index in [1.165, 1.54) is 0 Å². The van der Waals surface area contributed by atoms with Crippen LogP contribution in [0.25, 0.3) is 0 Å². The molecule has 0 bridgehead atoms. The second-order valence-electron chi connectivity index (χ2n) is 4.56. The SMILES string of the molecule is Cc1ccc(N2CC(CS(N)(=O)=O)CC2=O)cn1. The third-order valence-electron chi connectivity index (χ3n) is 2.88. The first kappa shape index (κ1) is 13.0. The van der Waals surface area contributed by atoms with Crippen molar-refractivity contribution in [3.05, 3.63) is 24.0 Å². The number of carbonyl (C=O) groups is 1. The molecule has 2 heterocycles. The summed E-state index contributed by atoms with van der Waals surface area (Å²) in [5.74, 6) is -0.489. The Hall–Kier alpha value is -1.47. The Bertz CT molecular complexity index is 553. The molecule has 1 aliphatic rings. The molecule has 6 nitrogen and oxygen atoms in total. The fourth-order valence-electron chi connectivity index (χ4n) is 2.09. The Labute approximate surface area is 106 Å². The van der Waals surface area contributed by atoms with Crippen LogP contribution in [0, 0.1) is 12.8 Å². The molecule has 1 amide bonds. The van der Waals surface area contributed by atoms with Gasteiger partial charge in [0, 0.05) is 24.6 Å². The fourth-order valence-corrected chi connectivity index (χ4v) is 2.97. The first-order chi connectivity index (χ1) is 8.35. The summed E-state index contributed by atoms with van der Waals surface area (Å²) in [5, 5.41) is 4.99. The Balaban J connectivity index is 2.12. The molecule has 0 aliphatic carbocycles. The minimum absolute atomic E-state index is 0.0886. The number of rotatable bonds is 3. The Morgan fingerprint density at radius 2 is 2.22 bits per heavy atom. The smallest absolute Gasteiger partial charge is 0.227 e. The molecule has 7 heteroatoms. The molecule has 1 unspecified atom stereocenters. The summed E-state index contributed by atoms with van der Waals surface area (Å²) in [7, 11) is -3.54. The van der Waals surface area contributed by atoms with Crippen molar-refractivity contribution in [1.29, 1.82) is 0 Å². The normalized spacial score (nSPS) is 20.4. The van der Waals surface area contributed by atoms with Crippen molar-refractivity contribution in [3.8, 4) is 0 Å². The van der Waals surface area contributed by atoms with Crippen LogP contribution < -0.4 is 10.0 Å². The number of hydrogen-bond acceptors (Lipinski definition) is 4. The van der Waals surface area contributed by atoms with E-state index in [1.807, 2.05) is 13.0 Å². The molecule has 1 saturated heterocycles. The minimum Gasteiger partial charge on any atom is -0.311 e. The van der Waals surface area contributed by atoms with E-state index in [0.29, 0.717) is 12.2 Å². The first-order valence-corrected chi connectivity index (χ1v) is 7.30. The molecular formula is C11H15N3O3S. The topological polar surface area (TPSA) is 93.4 Å². The van der Waals surface area contributed by atoms with Gasteiger partial charge in [0.15, 0.2) is 0 Å². The Kier molecular flexibility index (Phi) is 3.36. The molecule has 1 aromatic heterocycles. The molecule has 0 spiro atoms. The monoisotopic (exact) mass is 269 g/mol. The standard InChI is InChI=1S/C11H15N3O3S/c1-8-2-3-10(5-13-8)14-6-9(4-11(14)15)7-18(12,16)17/h2-3,5,9H,4,6-7H2,1H3,(H2,12,16,17). The molecule has 2 rings (SSSR count). The van der Waals surface area contributed by atoms with E-state index in [2.05, 4.69) is 4.98 Å². The van der Waals surface area contributed by atoms with Gasteiger partial charge in [-0.05, 0) is 19.1 Å². The van der Waals surface area contributed by atoms with Crippen LogP contribution in [-0.2, 0) is 14.8 Å². The van der Waals surface area contributed by atoms with E-state index < -0.39 is 10.0 Å². The van der Waals surface area contributed by atoms with Crippen LogP contribution in [0.15, 0.2) is 18.3 Å². The van der Waals surface area contributed by atoms with Crippen LogP contribution in [0.4, 0.5) is 5.69 Å². The second kappa shape index (κ2) is 4.66. The number of aromatic nitrogens is 1. The lowest BCUT2D eigenvalue weighted by atomic mass is 10.1. The van der Waals surface area contributed by atoms with Crippen LogP contribution in [0.3, 0.4) is 0 Å². The van der Waals surface area contributed by atoms with Gasteiger partial charge >= 0.3 is 0 Å². The zero-order chi connectivity index (χ0) is 13.3. The highest BCUT2D eigenvalue weighted by Gasteiger charge is 2.32. The lowest BCUT2D eigenvalue weighted by Crippen LogP contribution is -2.27. The lowest BCUT2D eigenvalue weighted by molar-refractivity contribution is -0.117. The highest BCUT2D eigenvalue weighted by Crippen LogP contribution is 2.25. The molecule has 98 valence electrons.